The summed E-state index contributed by atoms with van der Waals surface area (Å²) in [7, 11) is 1.54. The zero-order chi connectivity index (χ0) is 18.8. The molecule has 1 aliphatic heterocycles. The fourth-order valence-electron chi connectivity index (χ4n) is 3.06. The van der Waals surface area contributed by atoms with E-state index in [-0.39, 0.29) is 36.7 Å². The number of ether oxygens (including phenoxy) is 1. The van der Waals surface area contributed by atoms with Crippen molar-refractivity contribution < 1.29 is 23.1 Å². The molecule has 0 saturated carbocycles. The van der Waals surface area contributed by atoms with Gasteiger partial charge in [-0.25, -0.2) is 8.78 Å². The zero-order valence-electron chi connectivity index (χ0n) is 14.4. The molecule has 0 fully saturated rings. The number of hydrogen-bond donors (Lipinski definition) is 1. The van der Waals surface area contributed by atoms with Crippen molar-refractivity contribution in [2.75, 3.05) is 17.3 Å². The number of nitrogens with zero attached hydrogens (tertiary/aromatic N) is 1. The van der Waals surface area contributed by atoms with Crippen LogP contribution in [0.15, 0.2) is 30.3 Å². The Balaban J connectivity index is 2.03. The number of carbonyl (C=O) groups excluding carboxylic acids is 2. The Morgan fingerprint density at radius 2 is 1.92 bits per heavy atom. The molecular formula is C19H18F2N2O3. The summed E-state index contributed by atoms with van der Waals surface area (Å²) in [4.78, 5) is 25.0. The Hall–Kier alpha value is -2.96. The van der Waals surface area contributed by atoms with Crippen molar-refractivity contribution in [2.45, 2.75) is 26.3 Å². The van der Waals surface area contributed by atoms with Gasteiger partial charge in [0.1, 0.15) is 5.75 Å². The maximum atomic E-state index is 14.5. The molecule has 2 aromatic carbocycles. The monoisotopic (exact) mass is 360 g/mol. The molecule has 0 saturated heterocycles. The first kappa shape index (κ1) is 17.8. The van der Waals surface area contributed by atoms with Crippen LogP contribution in [0.1, 0.15) is 24.5 Å². The van der Waals surface area contributed by atoms with Crippen LogP contribution in [-0.4, -0.2) is 18.9 Å². The highest BCUT2D eigenvalue weighted by atomic mass is 19.2. The van der Waals surface area contributed by atoms with Gasteiger partial charge in [0.2, 0.25) is 11.8 Å². The second-order valence-electron chi connectivity index (χ2n) is 6.06. The summed E-state index contributed by atoms with van der Waals surface area (Å²) >= 11 is 0. The van der Waals surface area contributed by atoms with Crippen molar-refractivity contribution in [3.8, 4) is 5.75 Å². The summed E-state index contributed by atoms with van der Waals surface area (Å²) in [6.45, 7) is 1.38. The molecule has 0 atom stereocenters. The van der Waals surface area contributed by atoms with Crippen LogP contribution in [0.25, 0.3) is 0 Å². The molecule has 0 aliphatic carbocycles. The second kappa shape index (κ2) is 7.11. The maximum Gasteiger partial charge on any atom is 0.227 e. The van der Waals surface area contributed by atoms with E-state index in [1.807, 2.05) is 0 Å². The van der Waals surface area contributed by atoms with Gasteiger partial charge in [-0.3, -0.25) is 9.59 Å². The number of methoxy groups -OCH3 is 1. The molecule has 26 heavy (non-hydrogen) atoms. The summed E-state index contributed by atoms with van der Waals surface area (Å²) in [5, 5.41) is 2.52. The molecule has 1 aliphatic rings. The number of amides is 2. The van der Waals surface area contributed by atoms with E-state index in [1.165, 1.54) is 11.8 Å². The number of fused-ring (bicyclic) bond motifs is 1. The number of carbonyl (C=O) groups is 2. The minimum atomic E-state index is -1.11. The van der Waals surface area contributed by atoms with E-state index in [2.05, 4.69) is 5.32 Å². The van der Waals surface area contributed by atoms with Crippen LogP contribution in [0.2, 0.25) is 0 Å². The molecule has 0 unspecified atom stereocenters. The van der Waals surface area contributed by atoms with E-state index in [1.54, 1.807) is 31.4 Å². The largest absolute Gasteiger partial charge is 0.497 e. The summed E-state index contributed by atoms with van der Waals surface area (Å²) < 4.78 is 33.7. The van der Waals surface area contributed by atoms with E-state index in [0.717, 1.165) is 11.6 Å². The SMILES string of the molecule is COc1ccc(CN2C(=O)CCc3c(NC(C)=O)cc(F)c(F)c32)cc1. The van der Waals surface area contributed by atoms with Gasteiger partial charge in [-0.1, -0.05) is 12.1 Å². The molecule has 1 N–H and O–H groups in total. The van der Waals surface area contributed by atoms with E-state index in [4.69, 9.17) is 4.74 Å². The number of benzene rings is 2. The van der Waals surface area contributed by atoms with Crippen molar-refractivity contribution in [2.24, 2.45) is 0 Å². The molecule has 1 heterocycles. The Bertz CT molecular complexity index is 866. The minimum Gasteiger partial charge on any atom is -0.497 e. The minimum absolute atomic E-state index is 0.0930. The predicted molar refractivity (Wildman–Crippen MR) is 93.2 cm³/mol. The van der Waals surface area contributed by atoms with E-state index >= 15 is 0 Å². The number of anilines is 2. The molecule has 2 amide bonds. The van der Waals surface area contributed by atoms with Crippen LogP contribution < -0.4 is 15.0 Å². The molecule has 136 valence electrons. The summed E-state index contributed by atoms with van der Waals surface area (Å²) in [5.41, 5.74) is 1.25. The van der Waals surface area contributed by atoms with Crippen LogP contribution >= 0.6 is 0 Å². The first-order valence-corrected chi connectivity index (χ1v) is 8.12. The quantitative estimate of drug-likeness (QED) is 0.909. The van der Waals surface area contributed by atoms with Crippen molar-refractivity contribution in [3.05, 3.63) is 53.1 Å². The van der Waals surface area contributed by atoms with Gasteiger partial charge < -0.3 is 15.0 Å². The fraction of sp³-hybridized carbons (Fsp3) is 0.263. The Labute approximate surface area is 149 Å². The molecule has 5 nitrogen and oxygen atoms in total. The van der Waals surface area contributed by atoms with Crippen LogP contribution in [0.5, 0.6) is 5.75 Å². The summed E-state index contributed by atoms with van der Waals surface area (Å²) in [5.74, 6) is -2.23. The third-order valence-corrected chi connectivity index (χ3v) is 4.27. The summed E-state index contributed by atoms with van der Waals surface area (Å²) in [6, 6.07) is 7.93. The lowest BCUT2D eigenvalue weighted by Gasteiger charge is -2.31. The Kier molecular flexibility index (Phi) is 4.88. The highest BCUT2D eigenvalue weighted by Crippen LogP contribution is 2.38. The van der Waals surface area contributed by atoms with E-state index in [9.17, 15) is 18.4 Å². The topological polar surface area (TPSA) is 58.6 Å². The van der Waals surface area contributed by atoms with Gasteiger partial charge in [0.15, 0.2) is 11.6 Å². The lowest BCUT2D eigenvalue weighted by atomic mass is 9.97. The Morgan fingerprint density at radius 1 is 1.23 bits per heavy atom. The molecule has 7 heteroatoms. The predicted octanol–water partition coefficient (Wildman–Crippen LogP) is 3.41. The third-order valence-electron chi connectivity index (χ3n) is 4.27. The number of hydrogen-bond acceptors (Lipinski definition) is 3. The van der Waals surface area contributed by atoms with Crippen molar-refractivity contribution in [1.29, 1.82) is 0 Å². The van der Waals surface area contributed by atoms with Crippen LogP contribution in [0.3, 0.4) is 0 Å². The second-order valence-corrected chi connectivity index (χ2v) is 6.06. The molecule has 0 spiro atoms. The number of nitrogens with one attached hydrogen (secondary N) is 1. The van der Waals surface area contributed by atoms with E-state index < -0.39 is 17.5 Å². The van der Waals surface area contributed by atoms with Crippen LogP contribution in [0, 0.1) is 11.6 Å². The lowest BCUT2D eigenvalue weighted by Crippen LogP contribution is -2.36. The van der Waals surface area contributed by atoms with Gasteiger partial charge in [-0.2, -0.15) is 0 Å². The number of halogens is 2. The molecule has 0 radical (unpaired) electrons. The average Bonchev–Trinajstić information content (AvgIpc) is 2.61. The third kappa shape index (κ3) is 3.37. The number of rotatable bonds is 4. The molecule has 0 aromatic heterocycles. The van der Waals surface area contributed by atoms with Gasteiger partial charge >= 0.3 is 0 Å². The highest BCUT2D eigenvalue weighted by Gasteiger charge is 2.31. The lowest BCUT2D eigenvalue weighted by molar-refractivity contribution is -0.119. The van der Waals surface area contributed by atoms with Crippen molar-refractivity contribution in [1.82, 2.24) is 0 Å². The molecule has 2 aromatic rings. The Morgan fingerprint density at radius 3 is 2.54 bits per heavy atom. The van der Waals surface area contributed by atoms with Crippen LogP contribution in [0.4, 0.5) is 20.2 Å². The van der Waals surface area contributed by atoms with Gasteiger partial charge in [0.25, 0.3) is 0 Å². The van der Waals surface area contributed by atoms with Gasteiger partial charge in [-0.15, -0.1) is 0 Å². The first-order chi connectivity index (χ1) is 12.4. The van der Waals surface area contributed by atoms with Crippen molar-refractivity contribution >= 4 is 23.2 Å². The molecule has 0 bridgehead atoms. The maximum absolute atomic E-state index is 14.5. The van der Waals surface area contributed by atoms with Gasteiger partial charge in [0, 0.05) is 30.7 Å². The van der Waals surface area contributed by atoms with Gasteiger partial charge in [-0.05, 0) is 24.1 Å². The molecule has 3 rings (SSSR count). The highest BCUT2D eigenvalue weighted by molar-refractivity contribution is 5.99. The van der Waals surface area contributed by atoms with Crippen LogP contribution in [-0.2, 0) is 22.6 Å². The van der Waals surface area contributed by atoms with Crippen molar-refractivity contribution in [3.63, 3.8) is 0 Å². The fourth-order valence-corrected chi connectivity index (χ4v) is 3.06. The first-order valence-electron chi connectivity index (χ1n) is 8.12. The zero-order valence-corrected chi connectivity index (χ0v) is 14.4. The van der Waals surface area contributed by atoms with E-state index in [0.29, 0.717) is 11.3 Å². The molecular weight excluding hydrogens is 342 g/mol. The van der Waals surface area contributed by atoms with Gasteiger partial charge in [0.05, 0.1) is 19.3 Å². The standard InChI is InChI=1S/C19H18F2N2O3/c1-11(24)22-16-9-15(20)18(21)19-14(16)7-8-17(25)23(19)10-12-3-5-13(26-2)6-4-12/h3-6,9H,7-8,10H2,1-2H3,(H,22,24). The smallest absolute Gasteiger partial charge is 0.227 e. The average molecular weight is 360 g/mol. The normalized spacial score (nSPS) is 13.4. The summed E-state index contributed by atoms with van der Waals surface area (Å²) in [6.07, 6.45) is 0.390.